The monoisotopic (exact) mass is 350 g/mol. The van der Waals surface area contributed by atoms with Gasteiger partial charge in [0.25, 0.3) is 0 Å². The quantitative estimate of drug-likeness (QED) is 0.610. The van der Waals surface area contributed by atoms with Crippen LogP contribution in [-0.4, -0.2) is 23.2 Å². The third kappa shape index (κ3) is 4.42. The summed E-state index contributed by atoms with van der Waals surface area (Å²) in [7, 11) is 0. The first-order chi connectivity index (χ1) is 12.8. The van der Waals surface area contributed by atoms with Gasteiger partial charge in [0.15, 0.2) is 0 Å². The molecule has 0 saturated heterocycles. The number of hydrogen-bond acceptors (Lipinski definition) is 6. The number of aromatic nitrogens is 2. The Bertz CT molecular complexity index is 788. The molecule has 2 N–H and O–H groups in total. The molecule has 0 radical (unpaired) electrons. The fourth-order valence-corrected chi connectivity index (χ4v) is 2.47. The molecule has 3 aromatic rings. The fraction of sp³-hybridized carbons (Fsp3) is 0.200. The van der Waals surface area contributed by atoms with Crippen LogP contribution in [-0.2, 0) is 0 Å². The molecule has 3 rings (SSSR count). The van der Waals surface area contributed by atoms with Crippen molar-refractivity contribution < 1.29 is 9.47 Å². The predicted molar refractivity (Wildman–Crippen MR) is 104 cm³/mol. The molecule has 0 saturated carbocycles. The van der Waals surface area contributed by atoms with Crippen molar-refractivity contribution in [3.8, 4) is 11.5 Å². The Balaban J connectivity index is 1.79. The average molecular weight is 350 g/mol. The maximum atomic E-state index is 5.64. The second-order valence-corrected chi connectivity index (χ2v) is 5.40. The lowest BCUT2D eigenvalue weighted by Gasteiger charge is -2.13. The summed E-state index contributed by atoms with van der Waals surface area (Å²) in [5.74, 6) is 2.90. The zero-order chi connectivity index (χ0) is 18.2. The Morgan fingerprint density at radius 1 is 0.731 bits per heavy atom. The Morgan fingerprint density at radius 3 is 1.65 bits per heavy atom. The molecule has 0 bridgehead atoms. The highest BCUT2D eigenvalue weighted by Gasteiger charge is 2.07. The molecule has 0 atom stereocenters. The lowest BCUT2D eigenvalue weighted by atomic mass is 10.3. The average Bonchev–Trinajstić information content (AvgIpc) is 2.66. The smallest absolute Gasteiger partial charge is 0.142 e. The number of anilines is 4. The van der Waals surface area contributed by atoms with E-state index in [1.54, 1.807) is 0 Å². The zero-order valence-corrected chi connectivity index (χ0v) is 14.9. The van der Waals surface area contributed by atoms with Crippen molar-refractivity contribution >= 4 is 23.0 Å². The van der Waals surface area contributed by atoms with Crippen LogP contribution in [0.5, 0.6) is 11.5 Å². The minimum atomic E-state index is 0.601. The van der Waals surface area contributed by atoms with Crippen molar-refractivity contribution in [3.63, 3.8) is 0 Å². The second-order valence-electron chi connectivity index (χ2n) is 5.40. The van der Waals surface area contributed by atoms with E-state index in [2.05, 4.69) is 20.6 Å². The van der Waals surface area contributed by atoms with Gasteiger partial charge in [-0.1, -0.05) is 24.3 Å². The van der Waals surface area contributed by atoms with Crippen LogP contribution >= 0.6 is 0 Å². The molecule has 0 amide bonds. The number of ether oxygens (including phenoxy) is 2. The van der Waals surface area contributed by atoms with Gasteiger partial charge in [0, 0.05) is 6.07 Å². The Kier molecular flexibility index (Phi) is 5.88. The topological polar surface area (TPSA) is 68.3 Å². The van der Waals surface area contributed by atoms with Gasteiger partial charge in [0.05, 0.1) is 24.6 Å². The van der Waals surface area contributed by atoms with Crippen LogP contribution in [0.4, 0.5) is 23.0 Å². The first kappa shape index (κ1) is 17.5. The standard InChI is InChI=1S/C20H22N4O2/c1-3-25-17-11-7-5-9-15(17)23-19-13-20(22-14-21-19)24-16-10-6-8-12-18(16)26-4-2/h5-14H,3-4H2,1-2H3,(H2,21,22,23,24). The Labute approximate surface area is 153 Å². The van der Waals surface area contributed by atoms with E-state index in [1.807, 2.05) is 68.4 Å². The molecule has 2 aromatic carbocycles. The van der Waals surface area contributed by atoms with Gasteiger partial charge in [-0.2, -0.15) is 0 Å². The molecule has 0 unspecified atom stereocenters. The summed E-state index contributed by atoms with van der Waals surface area (Å²) < 4.78 is 11.3. The fourth-order valence-electron chi connectivity index (χ4n) is 2.47. The van der Waals surface area contributed by atoms with E-state index >= 15 is 0 Å². The number of nitrogens with zero attached hydrogens (tertiary/aromatic N) is 2. The van der Waals surface area contributed by atoms with Crippen molar-refractivity contribution in [1.29, 1.82) is 0 Å². The van der Waals surface area contributed by atoms with Gasteiger partial charge in [-0.3, -0.25) is 0 Å². The molecule has 0 aliphatic rings. The Hall–Kier alpha value is -3.28. The van der Waals surface area contributed by atoms with Crippen molar-refractivity contribution in [2.24, 2.45) is 0 Å². The van der Waals surface area contributed by atoms with Crippen LogP contribution in [0.2, 0.25) is 0 Å². The normalized spacial score (nSPS) is 10.2. The SMILES string of the molecule is CCOc1ccccc1Nc1cc(Nc2ccccc2OCC)ncn1. The van der Waals surface area contributed by atoms with Gasteiger partial charge in [0.2, 0.25) is 0 Å². The van der Waals surface area contributed by atoms with Gasteiger partial charge in [-0.25, -0.2) is 9.97 Å². The number of hydrogen-bond donors (Lipinski definition) is 2. The van der Waals surface area contributed by atoms with Crippen molar-refractivity contribution in [2.75, 3.05) is 23.8 Å². The summed E-state index contributed by atoms with van der Waals surface area (Å²) in [6.45, 7) is 5.12. The molecule has 6 nitrogen and oxygen atoms in total. The number of nitrogens with one attached hydrogen (secondary N) is 2. The predicted octanol–water partition coefficient (Wildman–Crippen LogP) is 4.76. The van der Waals surface area contributed by atoms with E-state index in [1.165, 1.54) is 6.33 Å². The molecule has 0 fully saturated rings. The largest absolute Gasteiger partial charge is 0.492 e. The van der Waals surface area contributed by atoms with Crippen LogP contribution < -0.4 is 20.1 Å². The summed E-state index contributed by atoms with van der Waals surface area (Å²) in [6.07, 6.45) is 1.51. The van der Waals surface area contributed by atoms with Gasteiger partial charge in [0.1, 0.15) is 29.5 Å². The summed E-state index contributed by atoms with van der Waals surface area (Å²) in [5, 5.41) is 6.55. The van der Waals surface area contributed by atoms with E-state index in [-0.39, 0.29) is 0 Å². The lowest BCUT2D eigenvalue weighted by Crippen LogP contribution is -2.02. The Morgan fingerprint density at radius 2 is 1.19 bits per heavy atom. The maximum Gasteiger partial charge on any atom is 0.142 e. The van der Waals surface area contributed by atoms with E-state index in [9.17, 15) is 0 Å². The third-order valence-electron chi connectivity index (χ3n) is 3.57. The molecule has 26 heavy (non-hydrogen) atoms. The highest BCUT2D eigenvalue weighted by molar-refractivity contribution is 5.68. The van der Waals surface area contributed by atoms with Crippen molar-refractivity contribution in [3.05, 3.63) is 60.9 Å². The third-order valence-corrected chi connectivity index (χ3v) is 3.57. The second kappa shape index (κ2) is 8.71. The van der Waals surface area contributed by atoms with Crippen LogP contribution in [0.1, 0.15) is 13.8 Å². The van der Waals surface area contributed by atoms with Crippen LogP contribution in [0, 0.1) is 0 Å². The van der Waals surface area contributed by atoms with E-state index in [0.29, 0.717) is 24.8 Å². The minimum Gasteiger partial charge on any atom is -0.492 e. The first-order valence-corrected chi connectivity index (χ1v) is 8.60. The summed E-state index contributed by atoms with van der Waals surface area (Å²) in [6, 6.07) is 17.4. The van der Waals surface area contributed by atoms with Gasteiger partial charge in [-0.15, -0.1) is 0 Å². The van der Waals surface area contributed by atoms with Crippen molar-refractivity contribution in [2.45, 2.75) is 13.8 Å². The van der Waals surface area contributed by atoms with E-state index < -0.39 is 0 Å². The summed E-state index contributed by atoms with van der Waals surface area (Å²) >= 11 is 0. The lowest BCUT2D eigenvalue weighted by molar-refractivity contribution is 0.342. The molecule has 0 spiro atoms. The minimum absolute atomic E-state index is 0.601. The molecule has 134 valence electrons. The van der Waals surface area contributed by atoms with Gasteiger partial charge in [-0.05, 0) is 38.1 Å². The molecule has 1 heterocycles. The first-order valence-electron chi connectivity index (χ1n) is 8.60. The molecule has 6 heteroatoms. The van der Waals surface area contributed by atoms with Crippen LogP contribution in [0.25, 0.3) is 0 Å². The molecule has 0 aliphatic heterocycles. The van der Waals surface area contributed by atoms with Gasteiger partial charge >= 0.3 is 0 Å². The molecular formula is C20H22N4O2. The number of rotatable bonds is 8. The number of para-hydroxylation sites is 4. The highest BCUT2D eigenvalue weighted by Crippen LogP contribution is 2.29. The molecule has 0 aliphatic carbocycles. The molecular weight excluding hydrogens is 328 g/mol. The van der Waals surface area contributed by atoms with Crippen molar-refractivity contribution in [1.82, 2.24) is 9.97 Å². The number of benzene rings is 2. The van der Waals surface area contributed by atoms with Crippen LogP contribution in [0.3, 0.4) is 0 Å². The van der Waals surface area contributed by atoms with Crippen LogP contribution in [0.15, 0.2) is 60.9 Å². The zero-order valence-electron chi connectivity index (χ0n) is 14.9. The van der Waals surface area contributed by atoms with E-state index in [4.69, 9.17) is 9.47 Å². The highest BCUT2D eigenvalue weighted by atomic mass is 16.5. The van der Waals surface area contributed by atoms with E-state index in [0.717, 1.165) is 22.9 Å². The summed E-state index contributed by atoms with van der Waals surface area (Å²) in [4.78, 5) is 8.57. The summed E-state index contributed by atoms with van der Waals surface area (Å²) in [5.41, 5.74) is 1.71. The molecule has 1 aromatic heterocycles. The maximum absolute atomic E-state index is 5.64. The van der Waals surface area contributed by atoms with Gasteiger partial charge < -0.3 is 20.1 Å².